The lowest BCUT2D eigenvalue weighted by Gasteiger charge is -2.29. The van der Waals surface area contributed by atoms with Gasteiger partial charge in [-0.25, -0.2) is 4.98 Å². The molecule has 0 saturated carbocycles. The summed E-state index contributed by atoms with van der Waals surface area (Å²) in [6.45, 7) is 2.60. The van der Waals surface area contributed by atoms with Gasteiger partial charge in [-0.1, -0.05) is 18.2 Å². The Morgan fingerprint density at radius 1 is 1.10 bits per heavy atom. The van der Waals surface area contributed by atoms with Crippen molar-refractivity contribution in [2.24, 2.45) is 0 Å². The topological polar surface area (TPSA) is 103 Å². The molecule has 29 heavy (non-hydrogen) atoms. The summed E-state index contributed by atoms with van der Waals surface area (Å²) in [5.74, 6) is -0.0105. The third-order valence-corrected chi connectivity index (χ3v) is 5.74. The van der Waals surface area contributed by atoms with Crippen LogP contribution in [-0.4, -0.2) is 33.6 Å². The van der Waals surface area contributed by atoms with Crippen molar-refractivity contribution in [2.45, 2.75) is 45.1 Å². The van der Waals surface area contributed by atoms with Gasteiger partial charge in [-0.15, -0.1) is 0 Å². The molecule has 8 heteroatoms. The van der Waals surface area contributed by atoms with Gasteiger partial charge in [-0.05, 0) is 35.2 Å². The van der Waals surface area contributed by atoms with Gasteiger partial charge in [-0.3, -0.25) is 19.7 Å². The van der Waals surface area contributed by atoms with E-state index in [0.29, 0.717) is 25.1 Å². The Morgan fingerprint density at radius 2 is 1.97 bits per heavy atom. The molecule has 1 atom stereocenters. The molecule has 0 aliphatic carbocycles. The van der Waals surface area contributed by atoms with E-state index in [9.17, 15) is 14.4 Å². The van der Waals surface area contributed by atoms with Crippen LogP contribution >= 0.6 is 0 Å². The van der Waals surface area contributed by atoms with Crippen LogP contribution in [0.15, 0.2) is 30.3 Å². The zero-order chi connectivity index (χ0) is 20.0. The van der Waals surface area contributed by atoms with Gasteiger partial charge in [0.1, 0.15) is 11.9 Å². The van der Waals surface area contributed by atoms with Gasteiger partial charge in [0, 0.05) is 38.2 Å². The summed E-state index contributed by atoms with van der Waals surface area (Å²) in [7, 11) is 0. The van der Waals surface area contributed by atoms with Crippen molar-refractivity contribution in [1.82, 2.24) is 20.5 Å². The van der Waals surface area contributed by atoms with Gasteiger partial charge in [0.2, 0.25) is 11.8 Å². The highest BCUT2D eigenvalue weighted by Gasteiger charge is 2.39. The summed E-state index contributed by atoms with van der Waals surface area (Å²) >= 11 is 0. The van der Waals surface area contributed by atoms with Gasteiger partial charge in [0.25, 0.3) is 5.91 Å². The van der Waals surface area contributed by atoms with Crippen LogP contribution in [0.4, 0.5) is 5.82 Å². The summed E-state index contributed by atoms with van der Waals surface area (Å²) in [5.41, 5.74) is 4.80. The van der Waals surface area contributed by atoms with Crippen molar-refractivity contribution in [3.8, 4) is 0 Å². The number of hydrogen-bond acceptors (Lipinski definition) is 6. The number of anilines is 1. The molecule has 3 aliphatic heterocycles. The average molecular weight is 391 g/mol. The molecular formula is C21H21N5O3. The summed E-state index contributed by atoms with van der Waals surface area (Å²) in [4.78, 5) is 42.6. The van der Waals surface area contributed by atoms with Gasteiger partial charge in [-0.2, -0.15) is 0 Å². The van der Waals surface area contributed by atoms with E-state index < -0.39 is 6.04 Å². The highest BCUT2D eigenvalue weighted by atomic mass is 16.2. The van der Waals surface area contributed by atoms with Crippen LogP contribution in [0.1, 0.15) is 45.6 Å². The normalized spacial score (nSPS) is 20.5. The van der Waals surface area contributed by atoms with E-state index in [2.05, 4.69) is 27.0 Å². The zero-order valence-electron chi connectivity index (χ0n) is 15.8. The van der Waals surface area contributed by atoms with Crippen molar-refractivity contribution < 1.29 is 14.4 Å². The minimum atomic E-state index is -0.585. The van der Waals surface area contributed by atoms with Crippen LogP contribution in [0.3, 0.4) is 0 Å². The summed E-state index contributed by atoms with van der Waals surface area (Å²) in [6, 6.07) is 9.27. The van der Waals surface area contributed by atoms with Crippen molar-refractivity contribution in [2.75, 3.05) is 5.32 Å². The average Bonchev–Trinajstić information content (AvgIpc) is 3.31. The monoisotopic (exact) mass is 391 g/mol. The van der Waals surface area contributed by atoms with E-state index in [1.165, 1.54) is 5.56 Å². The van der Waals surface area contributed by atoms with Crippen LogP contribution in [-0.2, 0) is 35.8 Å². The standard InChI is InChI=1S/C21H21N5O3/c27-19-6-4-17(20(28)25-19)26-11-14-2-1-12(7-15(14)21(26)29)8-23-18-5-3-13-9-22-10-16(13)24-18/h1-3,5,7,17,22H,4,6,8-11H2,(H,23,24)(H,25,27,28). The number of amides is 3. The predicted molar refractivity (Wildman–Crippen MR) is 105 cm³/mol. The maximum absolute atomic E-state index is 12.9. The van der Waals surface area contributed by atoms with Crippen LogP contribution in [0.5, 0.6) is 0 Å². The Kier molecular flexibility index (Phi) is 4.28. The molecule has 5 rings (SSSR count). The van der Waals surface area contributed by atoms with Gasteiger partial charge in [0.05, 0.1) is 5.69 Å². The number of nitrogens with one attached hydrogen (secondary N) is 3. The van der Waals surface area contributed by atoms with Crippen molar-refractivity contribution in [3.63, 3.8) is 0 Å². The molecule has 1 aromatic heterocycles. The first kappa shape index (κ1) is 17.8. The molecule has 3 N–H and O–H groups in total. The Balaban J connectivity index is 1.29. The molecule has 2 aromatic rings. The van der Waals surface area contributed by atoms with E-state index in [0.717, 1.165) is 35.7 Å². The van der Waals surface area contributed by atoms with E-state index >= 15 is 0 Å². The predicted octanol–water partition coefficient (Wildman–Crippen LogP) is 1.06. The number of hydrogen-bond donors (Lipinski definition) is 3. The number of aromatic nitrogens is 1. The largest absolute Gasteiger partial charge is 0.366 e. The van der Waals surface area contributed by atoms with Crippen molar-refractivity contribution in [1.29, 1.82) is 0 Å². The number of pyridine rings is 1. The number of imide groups is 1. The molecule has 8 nitrogen and oxygen atoms in total. The molecule has 148 valence electrons. The second-order valence-electron chi connectivity index (χ2n) is 7.65. The maximum Gasteiger partial charge on any atom is 0.255 e. The van der Waals surface area contributed by atoms with Crippen molar-refractivity contribution in [3.05, 3.63) is 58.3 Å². The fourth-order valence-electron chi connectivity index (χ4n) is 4.16. The number of carbonyl (C=O) groups is 3. The number of nitrogens with zero attached hydrogens (tertiary/aromatic N) is 2. The molecule has 3 amide bonds. The Labute approximate surface area is 167 Å². The Hall–Kier alpha value is -3.26. The second-order valence-corrected chi connectivity index (χ2v) is 7.65. The smallest absolute Gasteiger partial charge is 0.255 e. The molecule has 1 saturated heterocycles. The van der Waals surface area contributed by atoms with Crippen LogP contribution < -0.4 is 16.0 Å². The lowest BCUT2D eigenvalue weighted by molar-refractivity contribution is -0.136. The fraction of sp³-hybridized carbons (Fsp3) is 0.333. The minimum absolute atomic E-state index is 0.155. The van der Waals surface area contributed by atoms with Crippen molar-refractivity contribution >= 4 is 23.5 Å². The molecule has 4 heterocycles. The number of piperidine rings is 1. The first-order chi connectivity index (χ1) is 14.1. The molecule has 1 unspecified atom stereocenters. The highest BCUT2D eigenvalue weighted by Crippen LogP contribution is 2.28. The third-order valence-electron chi connectivity index (χ3n) is 5.74. The Morgan fingerprint density at radius 3 is 2.83 bits per heavy atom. The van der Waals surface area contributed by atoms with Gasteiger partial charge >= 0.3 is 0 Å². The van der Waals surface area contributed by atoms with Gasteiger partial charge < -0.3 is 15.5 Å². The summed E-state index contributed by atoms with van der Waals surface area (Å²) in [6.07, 6.45) is 0.632. The molecule has 1 fully saturated rings. The number of benzene rings is 1. The number of rotatable bonds is 4. The fourth-order valence-corrected chi connectivity index (χ4v) is 4.16. The van der Waals surface area contributed by atoms with E-state index in [4.69, 9.17) is 0 Å². The number of fused-ring (bicyclic) bond motifs is 2. The zero-order valence-corrected chi connectivity index (χ0v) is 15.8. The van der Waals surface area contributed by atoms with Crippen LogP contribution in [0.25, 0.3) is 0 Å². The lowest BCUT2D eigenvalue weighted by Crippen LogP contribution is -2.52. The first-order valence-corrected chi connectivity index (χ1v) is 9.78. The quantitative estimate of drug-likeness (QED) is 0.674. The Bertz CT molecular complexity index is 1030. The summed E-state index contributed by atoms with van der Waals surface area (Å²) < 4.78 is 0. The minimum Gasteiger partial charge on any atom is -0.366 e. The van der Waals surface area contributed by atoms with E-state index in [1.54, 1.807) is 4.90 Å². The molecule has 0 bridgehead atoms. The molecule has 1 aromatic carbocycles. The lowest BCUT2D eigenvalue weighted by atomic mass is 10.0. The molecule has 0 radical (unpaired) electrons. The molecule has 3 aliphatic rings. The van der Waals surface area contributed by atoms with Crippen LogP contribution in [0, 0.1) is 0 Å². The maximum atomic E-state index is 12.9. The molecule has 0 spiro atoms. The van der Waals surface area contributed by atoms with E-state index in [1.807, 2.05) is 24.3 Å². The second kappa shape index (κ2) is 6.97. The molecular weight excluding hydrogens is 370 g/mol. The highest BCUT2D eigenvalue weighted by molar-refractivity contribution is 6.05. The van der Waals surface area contributed by atoms with Gasteiger partial charge in [0.15, 0.2) is 0 Å². The third kappa shape index (κ3) is 3.25. The van der Waals surface area contributed by atoms with Crippen LogP contribution in [0.2, 0.25) is 0 Å². The van der Waals surface area contributed by atoms with E-state index in [-0.39, 0.29) is 24.1 Å². The first-order valence-electron chi connectivity index (χ1n) is 9.78. The number of carbonyl (C=O) groups excluding carboxylic acids is 3. The SMILES string of the molecule is O=C1CCC(N2Cc3ccc(CNc4ccc5c(n4)CNC5)cc3C2=O)C(=O)N1. The summed E-state index contributed by atoms with van der Waals surface area (Å²) in [5, 5.41) is 8.92.